The maximum Gasteiger partial charge on any atom is 0.0721 e. The van der Waals surface area contributed by atoms with Crippen molar-refractivity contribution in [2.24, 2.45) is 5.84 Å². The summed E-state index contributed by atoms with van der Waals surface area (Å²) in [5.41, 5.74) is 6.56. The Morgan fingerprint density at radius 3 is 2.65 bits per heavy atom. The molecule has 0 radical (unpaired) electrons. The third-order valence-electron chi connectivity index (χ3n) is 3.26. The van der Waals surface area contributed by atoms with E-state index in [0.717, 1.165) is 27.4 Å². The van der Waals surface area contributed by atoms with Gasteiger partial charge in [0, 0.05) is 8.95 Å². The Labute approximate surface area is 137 Å². The molecule has 1 unspecified atom stereocenters. The van der Waals surface area contributed by atoms with Crippen LogP contribution in [-0.2, 0) is 6.42 Å². The van der Waals surface area contributed by atoms with Crippen LogP contribution in [0.5, 0.6) is 0 Å². The fourth-order valence-electron chi connectivity index (χ4n) is 2.32. The Morgan fingerprint density at radius 1 is 1.15 bits per heavy atom. The summed E-state index contributed by atoms with van der Waals surface area (Å²) in [4.78, 5) is 0. The Bertz CT molecular complexity index is 584. The van der Waals surface area contributed by atoms with E-state index in [9.17, 15) is 0 Å². The lowest BCUT2D eigenvalue weighted by molar-refractivity contribution is 0.633. The summed E-state index contributed by atoms with van der Waals surface area (Å²) >= 11 is 7.12. The second-order valence-corrected chi connectivity index (χ2v) is 6.53. The van der Waals surface area contributed by atoms with Crippen LogP contribution in [0.1, 0.15) is 36.1 Å². The van der Waals surface area contributed by atoms with Crippen molar-refractivity contribution in [2.75, 3.05) is 0 Å². The molecule has 0 saturated heterocycles. The van der Waals surface area contributed by atoms with Crippen molar-refractivity contribution in [3.05, 3.63) is 68.1 Å². The van der Waals surface area contributed by atoms with Crippen LogP contribution in [0.15, 0.2) is 51.4 Å². The lowest BCUT2D eigenvalue weighted by atomic mass is 9.96. The van der Waals surface area contributed by atoms with Gasteiger partial charge in [0.2, 0.25) is 0 Å². The van der Waals surface area contributed by atoms with Crippen molar-refractivity contribution in [3.63, 3.8) is 0 Å². The molecule has 106 valence electrons. The SMILES string of the molecule is CCCc1cccc(C(NN)c2cc(Br)ccc2Br)c1. The minimum atomic E-state index is -0.0290. The highest BCUT2D eigenvalue weighted by atomic mass is 79.9. The van der Waals surface area contributed by atoms with E-state index in [1.165, 1.54) is 11.1 Å². The predicted octanol–water partition coefficient (Wildman–Crippen LogP) is 4.72. The summed E-state index contributed by atoms with van der Waals surface area (Å²) in [6, 6.07) is 14.7. The maximum atomic E-state index is 5.79. The highest BCUT2D eigenvalue weighted by Gasteiger charge is 2.16. The van der Waals surface area contributed by atoms with Gasteiger partial charge >= 0.3 is 0 Å². The molecule has 0 aliphatic heterocycles. The lowest BCUT2D eigenvalue weighted by Crippen LogP contribution is -2.29. The zero-order valence-electron chi connectivity index (χ0n) is 11.4. The van der Waals surface area contributed by atoms with Gasteiger partial charge in [-0.05, 0) is 41.3 Å². The Kier molecular flexibility index (Phi) is 5.78. The minimum absolute atomic E-state index is 0.0290. The Hall–Kier alpha value is -0.680. The van der Waals surface area contributed by atoms with Gasteiger partial charge in [-0.2, -0.15) is 0 Å². The monoisotopic (exact) mass is 396 g/mol. The zero-order valence-corrected chi connectivity index (χ0v) is 14.5. The van der Waals surface area contributed by atoms with Crippen molar-refractivity contribution in [1.29, 1.82) is 0 Å². The molecule has 20 heavy (non-hydrogen) atoms. The summed E-state index contributed by atoms with van der Waals surface area (Å²) in [5.74, 6) is 5.79. The van der Waals surface area contributed by atoms with Crippen LogP contribution < -0.4 is 11.3 Å². The average molecular weight is 398 g/mol. The molecular weight excluding hydrogens is 380 g/mol. The molecule has 0 aromatic heterocycles. The number of hydrogen-bond donors (Lipinski definition) is 2. The quantitative estimate of drug-likeness (QED) is 0.565. The molecule has 1 atom stereocenters. The number of aryl methyl sites for hydroxylation is 1. The zero-order chi connectivity index (χ0) is 14.5. The topological polar surface area (TPSA) is 38.0 Å². The van der Waals surface area contributed by atoms with Crippen LogP contribution >= 0.6 is 31.9 Å². The van der Waals surface area contributed by atoms with Gasteiger partial charge in [-0.25, -0.2) is 5.43 Å². The number of rotatable bonds is 5. The van der Waals surface area contributed by atoms with Gasteiger partial charge in [0.1, 0.15) is 0 Å². The number of nitrogens with one attached hydrogen (secondary N) is 1. The Balaban J connectivity index is 2.41. The second-order valence-electron chi connectivity index (χ2n) is 4.76. The molecule has 0 saturated carbocycles. The van der Waals surface area contributed by atoms with Crippen LogP contribution in [0.2, 0.25) is 0 Å². The van der Waals surface area contributed by atoms with Crippen LogP contribution in [-0.4, -0.2) is 0 Å². The molecule has 4 heteroatoms. The largest absolute Gasteiger partial charge is 0.271 e. The molecule has 0 bridgehead atoms. The fraction of sp³-hybridized carbons (Fsp3) is 0.250. The standard InChI is InChI=1S/C16H18Br2N2/c1-2-4-11-5-3-6-12(9-11)16(20-19)14-10-13(17)7-8-15(14)18/h3,5-10,16,20H,2,4,19H2,1H3. The molecule has 0 amide bonds. The van der Waals surface area contributed by atoms with E-state index in [0.29, 0.717) is 0 Å². The fourth-order valence-corrected chi connectivity index (χ4v) is 3.17. The van der Waals surface area contributed by atoms with Gasteiger partial charge in [0.25, 0.3) is 0 Å². The Morgan fingerprint density at radius 2 is 1.95 bits per heavy atom. The maximum absolute atomic E-state index is 5.79. The second kappa shape index (κ2) is 7.36. The van der Waals surface area contributed by atoms with E-state index < -0.39 is 0 Å². The molecule has 0 aliphatic rings. The average Bonchev–Trinajstić information content (AvgIpc) is 2.44. The molecule has 2 aromatic rings. The van der Waals surface area contributed by atoms with Gasteiger partial charge in [-0.3, -0.25) is 5.84 Å². The van der Waals surface area contributed by atoms with Gasteiger partial charge < -0.3 is 0 Å². The van der Waals surface area contributed by atoms with Crippen molar-refractivity contribution < 1.29 is 0 Å². The lowest BCUT2D eigenvalue weighted by Gasteiger charge is -2.19. The molecule has 0 fully saturated rings. The molecular formula is C16H18Br2N2. The predicted molar refractivity (Wildman–Crippen MR) is 91.4 cm³/mol. The van der Waals surface area contributed by atoms with E-state index in [4.69, 9.17) is 5.84 Å². The normalized spacial score (nSPS) is 12.4. The summed E-state index contributed by atoms with van der Waals surface area (Å²) in [6.07, 6.45) is 2.23. The van der Waals surface area contributed by atoms with Crippen molar-refractivity contribution >= 4 is 31.9 Å². The summed E-state index contributed by atoms with van der Waals surface area (Å²) in [7, 11) is 0. The number of benzene rings is 2. The van der Waals surface area contributed by atoms with E-state index in [1.54, 1.807) is 0 Å². The van der Waals surface area contributed by atoms with Gasteiger partial charge in [0.15, 0.2) is 0 Å². The van der Waals surface area contributed by atoms with E-state index in [-0.39, 0.29) is 6.04 Å². The van der Waals surface area contributed by atoms with Crippen LogP contribution in [0.3, 0.4) is 0 Å². The van der Waals surface area contributed by atoms with E-state index >= 15 is 0 Å². The number of hydrazine groups is 1. The highest BCUT2D eigenvalue weighted by molar-refractivity contribution is 9.11. The molecule has 2 rings (SSSR count). The third-order valence-corrected chi connectivity index (χ3v) is 4.47. The molecule has 0 aliphatic carbocycles. The number of nitrogens with two attached hydrogens (primary N) is 1. The molecule has 0 spiro atoms. The van der Waals surface area contributed by atoms with Crippen LogP contribution in [0.25, 0.3) is 0 Å². The van der Waals surface area contributed by atoms with Gasteiger partial charge in [0.05, 0.1) is 6.04 Å². The van der Waals surface area contributed by atoms with Gasteiger partial charge in [-0.1, -0.05) is 69.5 Å². The van der Waals surface area contributed by atoms with Crippen molar-refractivity contribution in [3.8, 4) is 0 Å². The molecule has 3 N–H and O–H groups in total. The van der Waals surface area contributed by atoms with E-state index in [1.807, 2.05) is 12.1 Å². The first-order valence-electron chi connectivity index (χ1n) is 6.65. The first-order valence-corrected chi connectivity index (χ1v) is 8.24. The van der Waals surface area contributed by atoms with Crippen molar-refractivity contribution in [2.45, 2.75) is 25.8 Å². The first-order chi connectivity index (χ1) is 9.65. The van der Waals surface area contributed by atoms with Crippen LogP contribution in [0, 0.1) is 0 Å². The summed E-state index contributed by atoms with van der Waals surface area (Å²) in [6.45, 7) is 2.19. The smallest absolute Gasteiger partial charge is 0.0721 e. The summed E-state index contributed by atoms with van der Waals surface area (Å²) in [5, 5.41) is 0. The number of hydrogen-bond acceptors (Lipinski definition) is 2. The first kappa shape index (κ1) is 15.7. The molecule has 2 nitrogen and oxygen atoms in total. The summed E-state index contributed by atoms with van der Waals surface area (Å²) < 4.78 is 2.09. The number of halogens is 2. The van der Waals surface area contributed by atoms with Crippen LogP contribution in [0.4, 0.5) is 0 Å². The molecule has 2 aromatic carbocycles. The molecule has 0 heterocycles. The third kappa shape index (κ3) is 3.70. The van der Waals surface area contributed by atoms with Gasteiger partial charge in [-0.15, -0.1) is 0 Å². The van der Waals surface area contributed by atoms with Crippen molar-refractivity contribution in [1.82, 2.24) is 5.43 Å². The highest BCUT2D eigenvalue weighted by Crippen LogP contribution is 2.31. The van der Waals surface area contributed by atoms with E-state index in [2.05, 4.69) is 74.5 Å². The minimum Gasteiger partial charge on any atom is -0.271 e.